The standard InChI is InChI=1S/C10H13N5O4/c16-3-6-7(17)8(18)10(19-6)15-4-11-9(14-15)5-1-2-12-13-5/h1-2,4,6-8,10,16-18H,3H2,(H,12,13)/t6-,7?,8+,10-/m1/s1. The van der Waals surface area contributed by atoms with Gasteiger partial charge in [0, 0.05) is 6.20 Å². The molecule has 3 heterocycles. The summed E-state index contributed by atoms with van der Waals surface area (Å²) in [6, 6.07) is 1.71. The lowest BCUT2D eigenvalue weighted by Crippen LogP contribution is -2.33. The van der Waals surface area contributed by atoms with Crippen LogP contribution in [-0.2, 0) is 4.74 Å². The zero-order chi connectivity index (χ0) is 13.4. The Morgan fingerprint density at radius 2 is 2.21 bits per heavy atom. The monoisotopic (exact) mass is 267 g/mol. The summed E-state index contributed by atoms with van der Waals surface area (Å²) in [5.74, 6) is 0.398. The molecule has 4 atom stereocenters. The average molecular weight is 267 g/mol. The van der Waals surface area contributed by atoms with Gasteiger partial charge >= 0.3 is 0 Å². The highest BCUT2D eigenvalue weighted by molar-refractivity contribution is 5.46. The first-order chi connectivity index (χ1) is 9.20. The van der Waals surface area contributed by atoms with Crippen LogP contribution in [0.25, 0.3) is 11.5 Å². The summed E-state index contributed by atoms with van der Waals surface area (Å²) in [6.45, 7) is -0.378. The molecule has 0 spiro atoms. The number of aromatic amines is 1. The van der Waals surface area contributed by atoms with E-state index in [4.69, 9.17) is 9.84 Å². The lowest BCUT2D eigenvalue weighted by molar-refractivity contribution is -0.0587. The van der Waals surface area contributed by atoms with E-state index in [1.54, 1.807) is 12.3 Å². The van der Waals surface area contributed by atoms with Crippen LogP contribution in [0.5, 0.6) is 0 Å². The summed E-state index contributed by atoms with van der Waals surface area (Å²) in [5, 5.41) is 39.2. The highest BCUT2D eigenvalue weighted by atomic mass is 16.6. The number of H-pyrrole nitrogens is 1. The molecule has 1 unspecified atom stereocenters. The van der Waals surface area contributed by atoms with Gasteiger partial charge < -0.3 is 20.1 Å². The van der Waals surface area contributed by atoms with Gasteiger partial charge in [-0.2, -0.15) is 5.10 Å². The minimum absolute atomic E-state index is 0.378. The van der Waals surface area contributed by atoms with Gasteiger partial charge in [0.1, 0.15) is 30.3 Å². The number of ether oxygens (including phenoxy) is 1. The number of hydrogen-bond donors (Lipinski definition) is 4. The number of rotatable bonds is 3. The van der Waals surface area contributed by atoms with Gasteiger partial charge in [-0.3, -0.25) is 5.10 Å². The van der Waals surface area contributed by atoms with E-state index in [2.05, 4.69) is 20.3 Å². The maximum atomic E-state index is 9.86. The summed E-state index contributed by atoms with van der Waals surface area (Å²) in [7, 11) is 0. The Morgan fingerprint density at radius 1 is 1.37 bits per heavy atom. The van der Waals surface area contributed by atoms with Gasteiger partial charge in [-0.1, -0.05) is 0 Å². The molecule has 1 fully saturated rings. The average Bonchev–Trinajstić information content (AvgIpc) is 3.12. The summed E-state index contributed by atoms with van der Waals surface area (Å²) in [5.41, 5.74) is 0.630. The van der Waals surface area contributed by atoms with E-state index >= 15 is 0 Å². The van der Waals surface area contributed by atoms with Crippen LogP contribution in [-0.4, -0.2) is 65.2 Å². The molecule has 2 aromatic rings. The number of aliphatic hydroxyl groups excluding tert-OH is 3. The smallest absolute Gasteiger partial charge is 0.199 e. The van der Waals surface area contributed by atoms with Gasteiger partial charge in [0.05, 0.1) is 6.61 Å². The predicted octanol–water partition coefficient (Wildman–Crippen LogP) is -1.72. The van der Waals surface area contributed by atoms with Crippen molar-refractivity contribution in [3.8, 4) is 11.5 Å². The van der Waals surface area contributed by atoms with Crippen molar-refractivity contribution in [1.82, 2.24) is 25.0 Å². The first-order valence-corrected chi connectivity index (χ1v) is 5.74. The Balaban J connectivity index is 1.84. The van der Waals surface area contributed by atoms with Gasteiger partial charge in [0.25, 0.3) is 0 Å². The van der Waals surface area contributed by atoms with Crippen molar-refractivity contribution < 1.29 is 20.1 Å². The fourth-order valence-corrected chi connectivity index (χ4v) is 2.00. The molecule has 0 radical (unpaired) electrons. The molecule has 0 aliphatic carbocycles. The van der Waals surface area contributed by atoms with Crippen molar-refractivity contribution in [3.63, 3.8) is 0 Å². The SMILES string of the molecule is OC[C@H]1O[C@@H](n2cnc(-c3ccn[nH]3)n2)[C@@H](O)C1O. The second kappa shape index (κ2) is 4.70. The van der Waals surface area contributed by atoms with Crippen LogP contribution < -0.4 is 0 Å². The molecule has 9 nitrogen and oxygen atoms in total. The predicted molar refractivity (Wildman–Crippen MR) is 60.6 cm³/mol. The minimum atomic E-state index is -1.17. The number of hydrogen-bond acceptors (Lipinski definition) is 7. The topological polar surface area (TPSA) is 129 Å². The van der Waals surface area contributed by atoms with Crippen molar-refractivity contribution in [3.05, 3.63) is 18.6 Å². The third-order valence-electron chi connectivity index (χ3n) is 3.03. The van der Waals surface area contributed by atoms with Gasteiger partial charge in [-0.15, -0.1) is 5.10 Å². The zero-order valence-electron chi connectivity index (χ0n) is 9.79. The third-order valence-corrected chi connectivity index (χ3v) is 3.03. The summed E-state index contributed by atoms with van der Waals surface area (Å²) in [6.07, 6.45) is -1.08. The van der Waals surface area contributed by atoms with Crippen LogP contribution in [0, 0.1) is 0 Å². The first kappa shape index (κ1) is 12.2. The van der Waals surface area contributed by atoms with Crippen molar-refractivity contribution in [2.75, 3.05) is 6.61 Å². The van der Waals surface area contributed by atoms with Crippen LogP contribution in [0.3, 0.4) is 0 Å². The summed E-state index contributed by atoms with van der Waals surface area (Å²) < 4.78 is 6.64. The lowest BCUT2D eigenvalue weighted by Gasteiger charge is -2.13. The molecule has 1 saturated heterocycles. The zero-order valence-corrected chi connectivity index (χ0v) is 9.79. The highest BCUT2D eigenvalue weighted by Crippen LogP contribution is 2.28. The summed E-state index contributed by atoms with van der Waals surface area (Å²) >= 11 is 0. The maximum absolute atomic E-state index is 9.86. The van der Waals surface area contributed by atoms with Gasteiger partial charge in [0.15, 0.2) is 12.1 Å². The second-order valence-electron chi connectivity index (χ2n) is 4.25. The van der Waals surface area contributed by atoms with Crippen LogP contribution in [0.4, 0.5) is 0 Å². The molecule has 2 aromatic heterocycles. The van der Waals surface area contributed by atoms with Crippen LogP contribution in [0.15, 0.2) is 18.6 Å². The molecule has 0 bridgehead atoms. The Labute approximate surface area is 107 Å². The quantitative estimate of drug-likeness (QED) is 0.520. The minimum Gasteiger partial charge on any atom is -0.394 e. The van der Waals surface area contributed by atoms with Crippen molar-refractivity contribution in [2.24, 2.45) is 0 Å². The number of aromatic nitrogens is 5. The molecule has 1 aliphatic rings. The third kappa shape index (κ3) is 2.02. The number of nitrogens with zero attached hydrogens (tertiary/aromatic N) is 4. The number of aliphatic hydroxyl groups is 3. The van der Waals surface area contributed by atoms with Gasteiger partial charge in [-0.25, -0.2) is 9.67 Å². The molecular weight excluding hydrogens is 254 g/mol. The van der Waals surface area contributed by atoms with Crippen molar-refractivity contribution in [1.29, 1.82) is 0 Å². The number of nitrogens with one attached hydrogen (secondary N) is 1. The van der Waals surface area contributed by atoms with Crippen LogP contribution in [0.1, 0.15) is 6.23 Å². The molecule has 19 heavy (non-hydrogen) atoms. The van der Waals surface area contributed by atoms with Gasteiger partial charge in [-0.05, 0) is 6.07 Å². The normalized spacial score (nSPS) is 30.9. The van der Waals surface area contributed by atoms with Crippen molar-refractivity contribution in [2.45, 2.75) is 24.5 Å². The molecule has 0 amide bonds. The molecule has 102 valence electrons. The largest absolute Gasteiger partial charge is 0.394 e. The second-order valence-corrected chi connectivity index (χ2v) is 4.25. The fourth-order valence-electron chi connectivity index (χ4n) is 2.00. The highest BCUT2D eigenvalue weighted by Gasteiger charge is 2.43. The molecule has 0 aromatic carbocycles. The molecule has 1 aliphatic heterocycles. The Bertz CT molecular complexity index is 542. The Hall–Kier alpha value is -1.81. The maximum Gasteiger partial charge on any atom is 0.199 e. The summed E-state index contributed by atoms with van der Waals surface area (Å²) in [4.78, 5) is 4.06. The molecular formula is C10H13N5O4. The van der Waals surface area contributed by atoms with E-state index in [9.17, 15) is 10.2 Å². The molecule has 9 heteroatoms. The van der Waals surface area contributed by atoms with E-state index in [1.807, 2.05) is 0 Å². The lowest BCUT2D eigenvalue weighted by atomic mass is 10.1. The molecule has 3 rings (SSSR count). The molecule has 4 N–H and O–H groups in total. The van der Waals surface area contributed by atoms with Crippen LogP contribution in [0.2, 0.25) is 0 Å². The van der Waals surface area contributed by atoms with E-state index < -0.39 is 24.5 Å². The van der Waals surface area contributed by atoms with E-state index in [0.29, 0.717) is 11.5 Å². The van der Waals surface area contributed by atoms with Crippen LogP contribution >= 0.6 is 0 Å². The van der Waals surface area contributed by atoms with E-state index in [1.165, 1.54) is 11.0 Å². The first-order valence-electron chi connectivity index (χ1n) is 5.74. The Kier molecular flexibility index (Phi) is 3.03. The Morgan fingerprint density at radius 3 is 2.84 bits per heavy atom. The van der Waals surface area contributed by atoms with E-state index in [-0.39, 0.29) is 6.61 Å². The van der Waals surface area contributed by atoms with Crippen molar-refractivity contribution >= 4 is 0 Å². The van der Waals surface area contributed by atoms with Gasteiger partial charge in [0.2, 0.25) is 0 Å². The molecule has 0 saturated carbocycles. The fraction of sp³-hybridized carbons (Fsp3) is 0.500. The van der Waals surface area contributed by atoms with E-state index in [0.717, 1.165) is 0 Å².